The summed E-state index contributed by atoms with van der Waals surface area (Å²) in [5.41, 5.74) is 0.751. The van der Waals surface area contributed by atoms with Gasteiger partial charge >= 0.3 is 5.97 Å². The van der Waals surface area contributed by atoms with Crippen LogP contribution in [-0.4, -0.2) is 25.0 Å². The molecule has 92 valence electrons. The van der Waals surface area contributed by atoms with Gasteiger partial charge in [-0.1, -0.05) is 6.08 Å². The Hall–Kier alpha value is -2.61. The van der Waals surface area contributed by atoms with Crippen molar-refractivity contribution >= 4 is 11.9 Å². The Morgan fingerprint density at radius 1 is 1.39 bits per heavy atom. The second-order valence-corrected chi connectivity index (χ2v) is 3.36. The largest absolute Gasteiger partial charge is 0.452 e. The highest BCUT2D eigenvalue weighted by molar-refractivity contribution is 5.91. The van der Waals surface area contributed by atoms with Crippen LogP contribution in [-0.2, 0) is 9.53 Å². The van der Waals surface area contributed by atoms with Crippen LogP contribution in [0.15, 0.2) is 36.9 Å². The molecule has 1 rings (SSSR count). The number of ether oxygens (including phenoxy) is 1. The molecular formula is C13H12N2O3. The van der Waals surface area contributed by atoms with Crippen molar-refractivity contribution in [1.82, 2.24) is 5.32 Å². The molecule has 0 heterocycles. The van der Waals surface area contributed by atoms with Crippen LogP contribution in [0, 0.1) is 11.3 Å². The third-order valence-electron chi connectivity index (χ3n) is 2.03. The van der Waals surface area contributed by atoms with Crippen molar-refractivity contribution in [2.45, 2.75) is 0 Å². The molecule has 0 unspecified atom stereocenters. The Morgan fingerprint density at radius 2 is 2.06 bits per heavy atom. The number of hydrogen-bond acceptors (Lipinski definition) is 4. The van der Waals surface area contributed by atoms with Crippen LogP contribution in [0.2, 0.25) is 0 Å². The molecule has 0 saturated carbocycles. The quantitative estimate of drug-likeness (QED) is 0.619. The molecule has 0 aliphatic carbocycles. The zero-order chi connectivity index (χ0) is 13.4. The van der Waals surface area contributed by atoms with Crippen molar-refractivity contribution in [3.8, 4) is 6.07 Å². The maximum Gasteiger partial charge on any atom is 0.338 e. The first-order valence-corrected chi connectivity index (χ1v) is 5.22. The Labute approximate surface area is 105 Å². The van der Waals surface area contributed by atoms with Crippen molar-refractivity contribution < 1.29 is 14.3 Å². The molecule has 0 saturated heterocycles. The van der Waals surface area contributed by atoms with Crippen LogP contribution in [0.5, 0.6) is 0 Å². The first-order chi connectivity index (χ1) is 8.67. The van der Waals surface area contributed by atoms with Crippen molar-refractivity contribution in [3.05, 3.63) is 48.0 Å². The van der Waals surface area contributed by atoms with E-state index in [1.807, 2.05) is 6.07 Å². The molecule has 0 bridgehead atoms. The van der Waals surface area contributed by atoms with E-state index >= 15 is 0 Å². The summed E-state index contributed by atoms with van der Waals surface area (Å²) in [7, 11) is 0. The second kappa shape index (κ2) is 6.86. The Morgan fingerprint density at radius 3 is 2.61 bits per heavy atom. The molecule has 1 N–H and O–H groups in total. The monoisotopic (exact) mass is 244 g/mol. The van der Waals surface area contributed by atoms with E-state index in [0.29, 0.717) is 17.7 Å². The maximum absolute atomic E-state index is 11.5. The number of rotatable bonds is 5. The average molecular weight is 244 g/mol. The van der Waals surface area contributed by atoms with E-state index in [9.17, 15) is 9.59 Å². The Kier molecular flexibility index (Phi) is 5.13. The number of nitrogens with one attached hydrogen (secondary N) is 1. The number of benzene rings is 1. The minimum absolute atomic E-state index is 0.297. The highest BCUT2D eigenvalue weighted by Crippen LogP contribution is 2.04. The predicted molar refractivity (Wildman–Crippen MR) is 64.6 cm³/mol. The van der Waals surface area contributed by atoms with E-state index in [1.165, 1.54) is 30.3 Å². The van der Waals surface area contributed by atoms with Gasteiger partial charge < -0.3 is 10.1 Å². The van der Waals surface area contributed by atoms with E-state index in [-0.39, 0.29) is 6.61 Å². The van der Waals surface area contributed by atoms with E-state index in [2.05, 4.69) is 11.9 Å². The fraction of sp³-hybridized carbons (Fsp3) is 0.154. The summed E-state index contributed by atoms with van der Waals surface area (Å²) in [5.74, 6) is -0.995. The summed E-state index contributed by atoms with van der Waals surface area (Å²) in [4.78, 5) is 22.7. The number of amides is 1. The fourth-order valence-electron chi connectivity index (χ4n) is 1.13. The van der Waals surface area contributed by atoms with E-state index < -0.39 is 11.9 Å². The molecule has 1 amide bonds. The van der Waals surface area contributed by atoms with E-state index in [4.69, 9.17) is 10.00 Å². The van der Waals surface area contributed by atoms with Crippen LogP contribution in [0.25, 0.3) is 0 Å². The first-order valence-electron chi connectivity index (χ1n) is 5.22. The number of hydrogen-bond donors (Lipinski definition) is 1. The summed E-state index contributed by atoms with van der Waals surface area (Å²) in [6.45, 7) is 3.43. The summed E-state index contributed by atoms with van der Waals surface area (Å²) in [6.07, 6.45) is 1.53. The minimum atomic E-state index is -0.603. The van der Waals surface area contributed by atoms with Gasteiger partial charge in [-0.2, -0.15) is 5.26 Å². The zero-order valence-electron chi connectivity index (χ0n) is 9.68. The molecule has 0 atom stereocenters. The number of nitriles is 1. The van der Waals surface area contributed by atoms with Gasteiger partial charge in [-0.3, -0.25) is 4.79 Å². The van der Waals surface area contributed by atoms with Gasteiger partial charge in [0.1, 0.15) is 0 Å². The van der Waals surface area contributed by atoms with Gasteiger partial charge in [0, 0.05) is 6.54 Å². The van der Waals surface area contributed by atoms with Crippen molar-refractivity contribution in [2.24, 2.45) is 0 Å². The third kappa shape index (κ3) is 4.10. The zero-order valence-corrected chi connectivity index (χ0v) is 9.68. The second-order valence-electron chi connectivity index (χ2n) is 3.36. The normalized spacial score (nSPS) is 9.06. The number of carbonyl (C=O) groups excluding carboxylic acids is 2. The molecule has 1 aromatic rings. The Bertz CT molecular complexity index is 486. The molecule has 0 aliphatic rings. The molecule has 0 aliphatic heterocycles. The molecule has 5 nitrogen and oxygen atoms in total. The summed E-state index contributed by atoms with van der Waals surface area (Å²) < 4.78 is 4.79. The summed E-state index contributed by atoms with van der Waals surface area (Å²) >= 11 is 0. The number of nitrogens with zero attached hydrogens (tertiary/aromatic N) is 1. The first kappa shape index (κ1) is 13.5. The molecule has 0 radical (unpaired) electrons. The van der Waals surface area contributed by atoms with Crippen LogP contribution >= 0.6 is 0 Å². The standard InChI is InChI=1S/C13H12N2O3/c1-2-7-15-12(16)9-18-13(17)11-5-3-10(8-14)4-6-11/h2-6H,1,7,9H2,(H,15,16). The molecule has 0 fully saturated rings. The third-order valence-corrected chi connectivity index (χ3v) is 2.03. The van der Waals surface area contributed by atoms with Crippen molar-refractivity contribution in [2.75, 3.05) is 13.2 Å². The van der Waals surface area contributed by atoms with Gasteiger partial charge in [-0.05, 0) is 24.3 Å². The lowest BCUT2D eigenvalue weighted by atomic mass is 10.1. The molecule has 5 heteroatoms. The lowest BCUT2D eigenvalue weighted by Gasteiger charge is -2.04. The van der Waals surface area contributed by atoms with E-state index in [1.54, 1.807) is 0 Å². The number of carbonyl (C=O) groups is 2. The molecular weight excluding hydrogens is 232 g/mol. The lowest BCUT2D eigenvalue weighted by Crippen LogP contribution is -2.28. The molecule has 0 aromatic heterocycles. The number of esters is 1. The average Bonchev–Trinajstić information content (AvgIpc) is 2.42. The topological polar surface area (TPSA) is 79.2 Å². The van der Waals surface area contributed by atoms with Crippen molar-refractivity contribution in [1.29, 1.82) is 5.26 Å². The highest BCUT2D eigenvalue weighted by Gasteiger charge is 2.09. The predicted octanol–water partition coefficient (Wildman–Crippen LogP) is 1.02. The van der Waals surface area contributed by atoms with Crippen LogP contribution in [0.1, 0.15) is 15.9 Å². The van der Waals surface area contributed by atoms with Gasteiger partial charge in [0.2, 0.25) is 0 Å². The van der Waals surface area contributed by atoms with Gasteiger partial charge in [0.15, 0.2) is 6.61 Å². The summed E-state index contributed by atoms with van der Waals surface area (Å²) in [6, 6.07) is 7.91. The Balaban J connectivity index is 2.47. The maximum atomic E-state index is 11.5. The smallest absolute Gasteiger partial charge is 0.338 e. The van der Waals surface area contributed by atoms with Gasteiger partial charge in [0.25, 0.3) is 5.91 Å². The fourth-order valence-corrected chi connectivity index (χ4v) is 1.13. The van der Waals surface area contributed by atoms with Gasteiger partial charge in [-0.25, -0.2) is 4.79 Å². The summed E-state index contributed by atoms with van der Waals surface area (Å²) in [5, 5.41) is 11.1. The molecule has 0 spiro atoms. The van der Waals surface area contributed by atoms with Crippen LogP contribution < -0.4 is 5.32 Å². The molecule has 18 heavy (non-hydrogen) atoms. The SMILES string of the molecule is C=CCNC(=O)COC(=O)c1ccc(C#N)cc1. The highest BCUT2D eigenvalue weighted by atomic mass is 16.5. The van der Waals surface area contributed by atoms with Crippen molar-refractivity contribution in [3.63, 3.8) is 0 Å². The minimum Gasteiger partial charge on any atom is -0.452 e. The van der Waals surface area contributed by atoms with Gasteiger partial charge in [0.05, 0.1) is 17.2 Å². The van der Waals surface area contributed by atoms with E-state index in [0.717, 1.165) is 0 Å². The van der Waals surface area contributed by atoms with Crippen LogP contribution in [0.4, 0.5) is 0 Å². The lowest BCUT2D eigenvalue weighted by molar-refractivity contribution is -0.124. The molecule has 1 aromatic carbocycles. The van der Waals surface area contributed by atoms with Gasteiger partial charge in [-0.15, -0.1) is 6.58 Å². The van der Waals surface area contributed by atoms with Crippen LogP contribution in [0.3, 0.4) is 0 Å².